The summed E-state index contributed by atoms with van der Waals surface area (Å²) >= 11 is 0. The van der Waals surface area contributed by atoms with Gasteiger partial charge in [-0.3, -0.25) is 4.90 Å². The first-order valence-electron chi connectivity index (χ1n) is 8.68. The van der Waals surface area contributed by atoms with Crippen molar-refractivity contribution in [3.05, 3.63) is 29.4 Å². The van der Waals surface area contributed by atoms with E-state index in [9.17, 15) is 0 Å². The molecule has 0 amide bonds. The molecule has 0 spiro atoms. The molecule has 1 atom stereocenters. The fourth-order valence-corrected chi connectivity index (χ4v) is 3.13. The van der Waals surface area contributed by atoms with Gasteiger partial charge in [-0.2, -0.15) is 4.98 Å². The number of likely N-dealkylation sites (N-methyl/N-ethyl adjacent to an activating group) is 1. The smallest absolute Gasteiger partial charge is 0.227 e. The van der Waals surface area contributed by atoms with Crippen molar-refractivity contribution in [3.8, 4) is 17.2 Å². The van der Waals surface area contributed by atoms with E-state index in [1.807, 2.05) is 12.1 Å². The van der Waals surface area contributed by atoms with Crippen molar-refractivity contribution in [2.45, 2.75) is 18.9 Å². The maximum atomic E-state index is 5.44. The lowest BCUT2D eigenvalue weighted by Crippen LogP contribution is -2.44. The fraction of sp³-hybridized carbons (Fsp3) is 0.556. The van der Waals surface area contributed by atoms with Crippen LogP contribution in [0.25, 0.3) is 0 Å². The molecule has 2 heterocycles. The third-order valence-electron chi connectivity index (χ3n) is 4.64. The van der Waals surface area contributed by atoms with Gasteiger partial charge in [-0.15, -0.1) is 12.4 Å². The molecule has 1 aromatic carbocycles. The zero-order valence-corrected chi connectivity index (χ0v) is 17.0. The van der Waals surface area contributed by atoms with Gasteiger partial charge >= 0.3 is 0 Å². The number of benzene rings is 1. The Morgan fingerprint density at radius 1 is 1.15 bits per heavy atom. The summed E-state index contributed by atoms with van der Waals surface area (Å²) in [5.41, 5.74) is 1.05. The minimum atomic E-state index is 0. The summed E-state index contributed by atoms with van der Waals surface area (Å²) in [7, 11) is 6.90. The van der Waals surface area contributed by atoms with Gasteiger partial charge in [0.1, 0.15) is 0 Å². The molecule has 3 rings (SSSR count). The van der Waals surface area contributed by atoms with Gasteiger partial charge in [-0.05, 0) is 31.2 Å². The number of aromatic nitrogens is 2. The molecule has 1 aromatic heterocycles. The molecule has 1 unspecified atom stereocenters. The number of aryl methyl sites for hydroxylation is 2. The van der Waals surface area contributed by atoms with Crippen molar-refractivity contribution in [2.75, 3.05) is 48.0 Å². The topological polar surface area (TPSA) is 81.9 Å². The summed E-state index contributed by atoms with van der Waals surface area (Å²) in [6, 6.07) is 4.04. The van der Waals surface area contributed by atoms with Crippen LogP contribution >= 0.6 is 12.4 Å². The summed E-state index contributed by atoms with van der Waals surface area (Å²) in [4.78, 5) is 6.81. The Labute approximate surface area is 165 Å². The SMILES string of the molecule is COc1cc(CCc2nc(C3CNCCN3C)no2)cc(OC)c1OC.Cl. The Kier molecular flexibility index (Phi) is 7.70. The van der Waals surface area contributed by atoms with Gasteiger partial charge in [-0.25, -0.2) is 0 Å². The number of nitrogens with zero attached hydrogens (tertiary/aromatic N) is 3. The second-order valence-electron chi connectivity index (χ2n) is 6.28. The van der Waals surface area contributed by atoms with Crippen LogP contribution in [-0.4, -0.2) is 63.1 Å². The van der Waals surface area contributed by atoms with Crippen LogP contribution in [0.4, 0.5) is 0 Å². The fourth-order valence-electron chi connectivity index (χ4n) is 3.13. The van der Waals surface area contributed by atoms with Crippen LogP contribution in [0.15, 0.2) is 16.7 Å². The molecule has 0 bridgehead atoms. The van der Waals surface area contributed by atoms with Gasteiger partial charge in [0, 0.05) is 26.1 Å². The van der Waals surface area contributed by atoms with Gasteiger partial charge in [0.15, 0.2) is 17.3 Å². The average molecular weight is 399 g/mol. The van der Waals surface area contributed by atoms with E-state index in [0.717, 1.165) is 37.4 Å². The Hall–Kier alpha value is -2.03. The van der Waals surface area contributed by atoms with Crippen molar-refractivity contribution in [3.63, 3.8) is 0 Å². The van der Waals surface area contributed by atoms with Crippen LogP contribution in [0.3, 0.4) is 0 Å². The predicted molar refractivity (Wildman–Crippen MR) is 103 cm³/mol. The Bertz CT molecular complexity index is 715. The van der Waals surface area contributed by atoms with E-state index in [1.54, 1.807) is 21.3 Å². The van der Waals surface area contributed by atoms with Crippen LogP contribution in [0.1, 0.15) is 23.3 Å². The summed E-state index contributed by atoms with van der Waals surface area (Å²) in [6.45, 7) is 2.79. The highest BCUT2D eigenvalue weighted by atomic mass is 35.5. The van der Waals surface area contributed by atoms with Crippen LogP contribution in [0.5, 0.6) is 17.2 Å². The number of ether oxygens (including phenoxy) is 3. The van der Waals surface area contributed by atoms with Crippen LogP contribution in [0, 0.1) is 0 Å². The molecule has 0 radical (unpaired) electrons. The second-order valence-corrected chi connectivity index (χ2v) is 6.28. The Morgan fingerprint density at radius 2 is 1.85 bits per heavy atom. The van der Waals surface area contributed by atoms with Gasteiger partial charge in [0.05, 0.1) is 27.4 Å². The highest BCUT2D eigenvalue weighted by molar-refractivity contribution is 5.85. The lowest BCUT2D eigenvalue weighted by atomic mass is 10.1. The first-order chi connectivity index (χ1) is 12.7. The van der Waals surface area contributed by atoms with Crippen molar-refractivity contribution >= 4 is 12.4 Å². The number of piperazine rings is 1. The van der Waals surface area contributed by atoms with Gasteiger partial charge in [0.25, 0.3) is 0 Å². The number of rotatable bonds is 7. The molecule has 1 saturated heterocycles. The van der Waals surface area contributed by atoms with E-state index in [0.29, 0.717) is 29.6 Å². The highest BCUT2D eigenvalue weighted by Gasteiger charge is 2.25. The third kappa shape index (κ3) is 4.82. The molecule has 2 aromatic rings. The maximum Gasteiger partial charge on any atom is 0.227 e. The van der Waals surface area contributed by atoms with E-state index in [1.165, 1.54) is 0 Å². The molecule has 9 heteroatoms. The molecular formula is C18H27ClN4O4. The van der Waals surface area contributed by atoms with E-state index in [4.69, 9.17) is 18.7 Å². The zero-order valence-electron chi connectivity index (χ0n) is 16.2. The normalized spacial score (nSPS) is 17.3. The Balaban J connectivity index is 0.00000261. The molecule has 1 aliphatic heterocycles. The minimum absolute atomic E-state index is 0. The largest absolute Gasteiger partial charge is 0.493 e. The predicted octanol–water partition coefficient (Wildman–Crippen LogP) is 1.88. The van der Waals surface area contributed by atoms with Crippen molar-refractivity contribution < 1.29 is 18.7 Å². The van der Waals surface area contributed by atoms with Crippen molar-refractivity contribution in [1.82, 2.24) is 20.4 Å². The van der Waals surface area contributed by atoms with E-state index < -0.39 is 0 Å². The van der Waals surface area contributed by atoms with Crippen LogP contribution in [0.2, 0.25) is 0 Å². The lowest BCUT2D eigenvalue weighted by molar-refractivity contribution is 0.190. The maximum absolute atomic E-state index is 5.44. The summed E-state index contributed by atoms with van der Waals surface area (Å²) in [6.07, 6.45) is 1.38. The molecule has 150 valence electrons. The number of methoxy groups -OCH3 is 3. The lowest BCUT2D eigenvalue weighted by Gasteiger charge is -2.30. The van der Waals surface area contributed by atoms with Gasteiger partial charge in [-0.1, -0.05) is 5.16 Å². The van der Waals surface area contributed by atoms with E-state index in [-0.39, 0.29) is 18.4 Å². The third-order valence-corrected chi connectivity index (χ3v) is 4.64. The Morgan fingerprint density at radius 3 is 2.44 bits per heavy atom. The molecule has 1 aliphatic rings. The summed E-state index contributed by atoms with van der Waals surface area (Å²) < 4.78 is 21.6. The molecule has 0 saturated carbocycles. The second kappa shape index (κ2) is 9.77. The molecular weight excluding hydrogens is 372 g/mol. The van der Waals surface area contributed by atoms with Crippen LogP contribution in [-0.2, 0) is 12.8 Å². The quantitative estimate of drug-likeness (QED) is 0.757. The zero-order chi connectivity index (χ0) is 18.5. The average Bonchev–Trinajstić information content (AvgIpc) is 3.14. The number of halogens is 1. The van der Waals surface area contributed by atoms with E-state index in [2.05, 4.69) is 27.4 Å². The van der Waals surface area contributed by atoms with Gasteiger partial charge < -0.3 is 24.1 Å². The molecule has 8 nitrogen and oxygen atoms in total. The highest BCUT2D eigenvalue weighted by Crippen LogP contribution is 2.38. The first kappa shape index (κ1) is 21.3. The standard InChI is InChI=1S/C18H26N4O4.ClH/c1-22-8-7-19-11-13(22)18-20-16(26-21-18)6-5-12-9-14(23-2)17(25-4)15(10-12)24-3;/h9-10,13,19H,5-8,11H2,1-4H3;1H. The van der Waals surface area contributed by atoms with Crippen LogP contribution < -0.4 is 19.5 Å². The minimum Gasteiger partial charge on any atom is -0.493 e. The number of hydrogen-bond acceptors (Lipinski definition) is 8. The first-order valence-corrected chi connectivity index (χ1v) is 8.68. The molecule has 1 N–H and O–H groups in total. The monoisotopic (exact) mass is 398 g/mol. The number of hydrogen-bond donors (Lipinski definition) is 1. The molecule has 1 fully saturated rings. The van der Waals surface area contributed by atoms with Crippen molar-refractivity contribution in [1.29, 1.82) is 0 Å². The van der Waals surface area contributed by atoms with E-state index >= 15 is 0 Å². The van der Waals surface area contributed by atoms with Gasteiger partial charge in [0.2, 0.25) is 11.6 Å². The van der Waals surface area contributed by atoms with Crippen molar-refractivity contribution in [2.24, 2.45) is 0 Å². The summed E-state index contributed by atoms with van der Waals surface area (Å²) in [5, 5.41) is 7.52. The molecule has 27 heavy (non-hydrogen) atoms. The summed E-state index contributed by atoms with van der Waals surface area (Å²) in [5.74, 6) is 3.24. The number of nitrogens with one attached hydrogen (secondary N) is 1. The molecule has 0 aliphatic carbocycles.